The van der Waals surface area contributed by atoms with E-state index in [0.29, 0.717) is 0 Å². The Bertz CT molecular complexity index is 1360. The Morgan fingerprint density at radius 2 is 0.872 bits per heavy atom. The second-order valence-electron chi connectivity index (χ2n) is 8.69. The summed E-state index contributed by atoms with van der Waals surface area (Å²) in [5, 5.41) is 6.25. The van der Waals surface area contributed by atoms with Gasteiger partial charge < -0.3 is 32.8 Å². The normalized spacial score (nSPS) is 9.70. The fourth-order valence-corrected chi connectivity index (χ4v) is 2.80. The van der Waals surface area contributed by atoms with E-state index in [1.54, 1.807) is 0 Å². The SMILES string of the molecule is Cc1ccc[cH-]1.Cc1ccc[cH-]1.F[P-](F)(F)(F)(F)F.[C-]#N.[C-]#[N+]c1ccc(C)cc1C.[C-]#[N+]c1ccc(C)cc1C.[Mn+2].[Mn+3].[N-]=O.[N-]=O. The van der Waals surface area contributed by atoms with Gasteiger partial charge in [-0.3, -0.25) is 0 Å². The van der Waals surface area contributed by atoms with Gasteiger partial charge in [0.1, 0.15) is 0 Å². The molecule has 255 valence electrons. The minimum Gasteiger partial charge on any atom is -0.577 e. The number of hydrogen-bond donors (Lipinski definition) is 0. The van der Waals surface area contributed by atoms with E-state index in [-0.39, 0.29) is 34.1 Å². The monoisotopic (exact) mass is 761 g/mol. The van der Waals surface area contributed by atoms with Gasteiger partial charge in [-0.1, -0.05) is 61.4 Å². The Balaban J connectivity index is -0.000000108. The molecule has 0 unspecified atom stereocenters. The fourth-order valence-electron chi connectivity index (χ4n) is 2.80. The molecule has 0 N–H and O–H groups in total. The van der Waals surface area contributed by atoms with Crippen molar-refractivity contribution >= 4 is 19.2 Å². The summed E-state index contributed by atoms with van der Waals surface area (Å²) < 4.78 is 59.2. The van der Waals surface area contributed by atoms with Crippen molar-refractivity contribution in [2.75, 3.05) is 0 Å². The van der Waals surface area contributed by atoms with Gasteiger partial charge in [0.25, 0.3) is 0 Å². The van der Waals surface area contributed by atoms with E-state index < -0.39 is 7.81 Å². The molecule has 0 aliphatic heterocycles. The van der Waals surface area contributed by atoms with Crippen molar-refractivity contribution in [2.24, 2.45) is 0 Å². The molecule has 0 heterocycles. The van der Waals surface area contributed by atoms with Crippen molar-refractivity contribution in [1.29, 1.82) is 5.26 Å². The van der Waals surface area contributed by atoms with Crippen LogP contribution in [0.1, 0.15) is 33.4 Å². The second-order valence-corrected chi connectivity index (χ2v) is 10.6. The Morgan fingerprint density at radius 1 is 0.617 bits per heavy atom. The van der Waals surface area contributed by atoms with Crippen LogP contribution in [0.3, 0.4) is 0 Å². The van der Waals surface area contributed by atoms with Gasteiger partial charge in [0, 0.05) is 0 Å². The molecular weight excluding hydrogens is 729 g/mol. The molecule has 16 heteroatoms. The van der Waals surface area contributed by atoms with Gasteiger partial charge in [-0.25, -0.2) is 34.0 Å². The molecule has 4 rings (SSSR count). The zero-order valence-corrected chi connectivity index (χ0v) is 29.4. The average Bonchev–Trinajstić information content (AvgIpc) is 3.65. The third-order valence-electron chi connectivity index (χ3n) is 4.60. The molecule has 0 bridgehead atoms. The zero-order valence-electron chi connectivity index (χ0n) is 26.1. The Morgan fingerprint density at radius 3 is 1.00 bits per heavy atom. The summed E-state index contributed by atoms with van der Waals surface area (Å²) in [5.74, 6) is 0. The van der Waals surface area contributed by atoms with Gasteiger partial charge in [-0.2, -0.15) is 35.4 Å². The summed E-state index contributed by atoms with van der Waals surface area (Å²) in [7, 11) is -10.7. The number of nitrogens with zero attached hydrogens (tertiary/aromatic N) is 5. The van der Waals surface area contributed by atoms with Gasteiger partial charge in [0.2, 0.25) is 0 Å². The van der Waals surface area contributed by atoms with E-state index in [1.807, 2.05) is 88.4 Å². The van der Waals surface area contributed by atoms with Gasteiger partial charge >= 0.3 is 67.1 Å². The van der Waals surface area contributed by atoms with Gasteiger partial charge in [-0.15, -0.1) is 0 Å². The zero-order chi connectivity index (χ0) is 36.3. The van der Waals surface area contributed by atoms with Crippen LogP contribution in [0.15, 0.2) is 84.9 Å². The molecule has 4 aromatic rings. The van der Waals surface area contributed by atoms with E-state index in [0.717, 1.165) is 22.5 Å². The topological polar surface area (TPSA) is 111 Å². The minimum absolute atomic E-state index is 0. The van der Waals surface area contributed by atoms with Crippen LogP contribution >= 0.6 is 7.81 Å². The maximum atomic E-state index is 9.87. The number of nitroso groups, excluding NO2 is 2. The van der Waals surface area contributed by atoms with Crippen molar-refractivity contribution < 1.29 is 59.3 Å². The summed E-state index contributed by atoms with van der Waals surface area (Å²) in [6.07, 6.45) is 0. The van der Waals surface area contributed by atoms with Crippen molar-refractivity contribution in [3.63, 3.8) is 0 Å². The van der Waals surface area contributed by atoms with Crippen LogP contribution in [0.5, 0.6) is 0 Å². The molecule has 0 aliphatic carbocycles. The van der Waals surface area contributed by atoms with E-state index >= 15 is 0 Å². The van der Waals surface area contributed by atoms with Crippen molar-refractivity contribution in [1.82, 2.24) is 0 Å². The van der Waals surface area contributed by atoms with Crippen LogP contribution in [0.2, 0.25) is 0 Å². The number of benzene rings is 2. The first-order valence-corrected chi connectivity index (χ1v) is 14.2. The molecule has 0 saturated carbocycles. The van der Waals surface area contributed by atoms with Crippen LogP contribution < -0.4 is 0 Å². The van der Waals surface area contributed by atoms with Crippen molar-refractivity contribution in [3.8, 4) is 0 Å². The van der Waals surface area contributed by atoms with Crippen molar-refractivity contribution in [2.45, 2.75) is 41.5 Å². The van der Waals surface area contributed by atoms with E-state index in [9.17, 15) is 25.2 Å². The molecule has 0 amide bonds. The standard InChI is InChI=1S/2C9H9N.2C6H7.CN.F6P.2Mn.2NO/c2*1-7-4-5-9(10-3)8(2)6-7;2*1-6-4-2-3-5-6;1-2;1-7(2,3,4,5)6;;;2*1-2/h2*4-6H,1-2H3;2*2-5H,1H3;;;;;;/q;;4*-1;+2;+3;2*-1. The smallest absolute Gasteiger partial charge is 0.577 e. The molecule has 0 saturated heterocycles. The predicted octanol–water partition coefficient (Wildman–Crippen LogP) is 13.3. The second kappa shape index (κ2) is 27.0. The maximum absolute atomic E-state index is 10.7. The molecule has 1 radical (unpaired) electrons. The predicted molar refractivity (Wildman–Crippen MR) is 170 cm³/mol. The van der Waals surface area contributed by atoms with Gasteiger partial charge in [-0.05, 0) is 38.8 Å². The third-order valence-corrected chi connectivity index (χ3v) is 4.60. The quantitative estimate of drug-likeness (QED) is 0.0769. The number of aryl methyl sites for hydroxylation is 6. The maximum Gasteiger partial charge on any atom is 3.00 e. The molecule has 0 aromatic heterocycles. The summed E-state index contributed by atoms with van der Waals surface area (Å²) in [6.45, 7) is 30.5. The van der Waals surface area contributed by atoms with E-state index in [4.69, 9.17) is 46.0 Å². The third kappa shape index (κ3) is 41.9. The van der Waals surface area contributed by atoms with E-state index in [2.05, 4.69) is 47.8 Å². The Hall–Kier alpha value is -4.14. The summed E-state index contributed by atoms with van der Waals surface area (Å²) in [5.41, 5.74) is 20.3. The first kappa shape index (κ1) is 55.3. The number of hydrogen-bond acceptors (Lipinski definition) is 3. The number of halogens is 6. The first-order valence-electron chi connectivity index (χ1n) is 12.1. The van der Waals surface area contributed by atoms with Crippen molar-refractivity contribution in [3.05, 3.63) is 169 Å². The van der Waals surface area contributed by atoms with Crippen LogP contribution in [0.4, 0.5) is 36.6 Å². The molecule has 0 spiro atoms. The molecule has 0 aliphatic rings. The van der Waals surface area contributed by atoms with Crippen LogP contribution in [-0.4, -0.2) is 0 Å². The van der Waals surface area contributed by atoms with Crippen LogP contribution in [0, 0.1) is 76.3 Å². The summed E-state index contributed by atoms with van der Waals surface area (Å²) >= 11 is 0. The van der Waals surface area contributed by atoms with Gasteiger partial charge in [0.05, 0.1) is 13.1 Å². The summed E-state index contributed by atoms with van der Waals surface area (Å²) in [6, 6.07) is 28.2. The Labute approximate surface area is 293 Å². The van der Waals surface area contributed by atoms with Gasteiger partial charge in [0.15, 0.2) is 11.4 Å². The molecule has 0 atom stereocenters. The van der Waals surface area contributed by atoms with E-state index in [1.165, 1.54) is 22.3 Å². The fraction of sp³-hybridized carbons (Fsp3) is 0.194. The average molecular weight is 761 g/mol. The molecule has 4 aromatic carbocycles. The molecule has 47 heavy (non-hydrogen) atoms. The molecule has 7 nitrogen and oxygen atoms in total. The largest absolute Gasteiger partial charge is 3.00 e. The summed E-state index contributed by atoms with van der Waals surface area (Å²) in [4.78, 5) is 21.2. The molecular formula is C31H32F6Mn2N5O2P-. The molecule has 0 fully saturated rings. The first-order chi connectivity index (χ1) is 20.7. The van der Waals surface area contributed by atoms with Crippen LogP contribution in [-0.2, 0) is 34.1 Å². The number of rotatable bonds is 0. The minimum atomic E-state index is -10.7. The Kier molecular flexibility index (Phi) is 31.8. The van der Waals surface area contributed by atoms with Crippen LogP contribution in [0.25, 0.3) is 20.9 Å².